The fourth-order valence-electron chi connectivity index (χ4n) is 1.46. The molecule has 0 saturated heterocycles. The Balaban J connectivity index is 3.20. The van der Waals surface area contributed by atoms with Gasteiger partial charge in [-0.1, -0.05) is 41.9 Å². The van der Waals surface area contributed by atoms with Gasteiger partial charge < -0.3 is 0 Å². The maximum absolute atomic E-state index is 12.2. The van der Waals surface area contributed by atoms with Crippen LogP contribution in [-0.4, -0.2) is 22.3 Å². The van der Waals surface area contributed by atoms with Gasteiger partial charge in [-0.15, -0.1) is 0 Å². The Labute approximate surface area is 120 Å². The molecule has 0 spiro atoms. The fourth-order valence-corrected chi connectivity index (χ4v) is 4.01. The van der Waals surface area contributed by atoms with Gasteiger partial charge in [0.15, 0.2) is 0 Å². The lowest BCUT2D eigenvalue weighted by Gasteiger charge is -2.11. The molecule has 0 aliphatic heterocycles. The van der Waals surface area contributed by atoms with Crippen molar-refractivity contribution >= 4 is 20.0 Å². The number of allylic oxidation sites excluding steroid dienone is 6. The smallest absolute Gasteiger partial charge is 0.206 e. The first kappa shape index (κ1) is 17.7. The van der Waals surface area contributed by atoms with Gasteiger partial charge in [-0.3, -0.25) is 0 Å². The van der Waals surface area contributed by atoms with Crippen LogP contribution >= 0.6 is 0 Å². The Bertz CT molecular complexity index is 728. The average Bonchev–Trinajstić information content (AvgIpc) is 2.48. The number of rotatable bonds is 4. The molecular formula is C11H12F3NO4S2. The molecule has 0 radical (unpaired) electrons. The third-order valence-corrected chi connectivity index (χ3v) is 5.65. The Morgan fingerprint density at radius 1 is 1.19 bits per heavy atom. The number of nitrogens with one attached hydrogen (secondary N) is 1. The van der Waals surface area contributed by atoms with E-state index in [0.717, 1.165) is 12.2 Å². The van der Waals surface area contributed by atoms with Gasteiger partial charge in [0.25, 0.3) is 10.0 Å². The van der Waals surface area contributed by atoms with Crippen LogP contribution in [0.15, 0.2) is 47.4 Å². The molecule has 0 fully saturated rings. The maximum atomic E-state index is 12.2. The molecule has 0 saturated carbocycles. The normalized spacial score (nSPS) is 20.5. The maximum Gasteiger partial charge on any atom is 0.512 e. The SMILES string of the molecule is C=CC1=C[C@@H](C)C=C(S(=O)(=O)NS(=O)(=O)C(F)(F)F)C=C1. The Morgan fingerprint density at radius 2 is 1.76 bits per heavy atom. The van der Waals surface area contributed by atoms with Crippen molar-refractivity contribution < 1.29 is 30.0 Å². The number of alkyl halides is 3. The molecule has 0 bridgehead atoms. The molecular weight excluding hydrogens is 331 g/mol. The van der Waals surface area contributed by atoms with Crippen molar-refractivity contribution in [2.75, 3.05) is 0 Å². The summed E-state index contributed by atoms with van der Waals surface area (Å²) >= 11 is 0. The van der Waals surface area contributed by atoms with Crippen LogP contribution in [0.1, 0.15) is 6.92 Å². The van der Waals surface area contributed by atoms with Gasteiger partial charge in [-0.25, -0.2) is 16.8 Å². The highest BCUT2D eigenvalue weighted by molar-refractivity contribution is 8.07. The second-order valence-electron chi connectivity index (χ2n) is 4.17. The number of halogens is 3. The Kier molecular flexibility index (Phi) is 4.86. The van der Waals surface area contributed by atoms with Crippen LogP contribution in [0.2, 0.25) is 0 Å². The zero-order valence-corrected chi connectivity index (χ0v) is 12.4. The van der Waals surface area contributed by atoms with Gasteiger partial charge in [0.05, 0.1) is 4.91 Å². The minimum Gasteiger partial charge on any atom is -0.206 e. The van der Waals surface area contributed by atoms with E-state index in [1.54, 1.807) is 13.0 Å². The Morgan fingerprint density at radius 3 is 2.24 bits per heavy atom. The van der Waals surface area contributed by atoms with Crippen LogP contribution in [-0.2, 0) is 20.0 Å². The zero-order chi connectivity index (χ0) is 16.5. The van der Waals surface area contributed by atoms with Gasteiger partial charge in [-0.2, -0.15) is 13.2 Å². The Hall–Kier alpha value is -1.39. The van der Waals surface area contributed by atoms with Gasteiger partial charge in [-0.05, 0) is 17.6 Å². The van der Waals surface area contributed by atoms with Gasteiger partial charge in [0.2, 0.25) is 0 Å². The predicted octanol–water partition coefficient (Wildman–Crippen LogP) is 1.96. The first-order chi connectivity index (χ1) is 9.39. The molecule has 10 heteroatoms. The van der Waals surface area contributed by atoms with Crippen LogP contribution in [0.3, 0.4) is 0 Å². The molecule has 0 amide bonds. The number of sulfonamides is 2. The third-order valence-electron chi connectivity index (χ3n) is 2.39. The molecule has 1 atom stereocenters. The van der Waals surface area contributed by atoms with Crippen molar-refractivity contribution in [2.45, 2.75) is 12.4 Å². The van der Waals surface area contributed by atoms with E-state index in [0.29, 0.717) is 9.70 Å². The molecule has 0 aromatic carbocycles. The predicted molar refractivity (Wildman–Crippen MR) is 71.7 cm³/mol. The van der Waals surface area contributed by atoms with Crippen LogP contribution in [0.4, 0.5) is 13.2 Å². The molecule has 0 unspecified atom stereocenters. The summed E-state index contributed by atoms with van der Waals surface area (Å²) < 4.78 is 82.7. The number of hydrogen-bond donors (Lipinski definition) is 1. The molecule has 1 rings (SSSR count). The minimum atomic E-state index is -6.00. The lowest BCUT2D eigenvalue weighted by Crippen LogP contribution is -2.40. The van der Waals surface area contributed by atoms with Gasteiger partial charge in [0, 0.05) is 0 Å². The van der Waals surface area contributed by atoms with Gasteiger partial charge in [0.1, 0.15) is 0 Å². The minimum absolute atomic E-state index is 0.437. The van der Waals surface area contributed by atoms with E-state index >= 15 is 0 Å². The lowest BCUT2D eigenvalue weighted by atomic mass is 10.1. The molecule has 0 aromatic heterocycles. The van der Waals surface area contributed by atoms with Crippen molar-refractivity contribution in [1.29, 1.82) is 0 Å². The van der Waals surface area contributed by atoms with Crippen LogP contribution in [0.25, 0.3) is 0 Å². The summed E-state index contributed by atoms with van der Waals surface area (Å²) in [7, 11) is -10.9. The molecule has 0 heterocycles. The quantitative estimate of drug-likeness (QED) is 0.846. The molecule has 5 nitrogen and oxygen atoms in total. The largest absolute Gasteiger partial charge is 0.512 e. The van der Waals surface area contributed by atoms with E-state index in [2.05, 4.69) is 6.58 Å². The summed E-state index contributed by atoms with van der Waals surface area (Å²) in [6.07, 6.45) is 6.48. The van der Waals surface area contributed by atoms with Crippen molar-refractivity contribution in [3.8, 4) is 0 Å². The summed E-state index contributed by atoms with van der Waals surface area (Å²) in [6, 6.07) is 0. The monoisotopic (exact) mass is 343 g/mol. The van der Waals surface area contributed by atoms with E-state index in [4.69, 9.17) is 0 Å². The summed E-state index contributed by atoms with van der Waals surface area (Å²) in [4.78, 5) is -0.573. The van der Waals surface area contributed by atoms with E-state index in [-0.39, 0.29) is 0 Å². The van der Waals surface area contributed by atoms with Gasteiger partial charge >= 0.3 is 15.5 Å². The summed E-state index contributed by atoms with van der Waals surface area (Å²) in [5, 5.41) is 0. The van der Waals surface area contributed by atoms with Crippen molar-refractivity contribution in [1.82, 2.24) is 4.13 Å². The second-order valence-corrected chi connectivity index (χ2v) is 7.78. The first-order valence-corrected chi connectivity index (χ1v) is 8.45. The molecule has 1 aliphatic rings. The summed E-state index contributed by atoms with van der Waals surface area (Å²) in [5.41, 5.74) is -5.16. The average molecular weight is 343 g/mol. The van der Waals surface area contributed by atoms with E-state index in [9.17, 15) is 30.0 Å². The summed E-state index contributed by atoms with van der Waals surface area (Å²) in [6.45, 7) is 5.07. The second kappa shape index (κ2) is 5.78. The summed E-state index contributed by atoms with van der Waals surface area (Å²) in [5.74, 6) is -0.437. The first-order valence-electron chi connectivity index (χ1n) is 5.48. The third kappa shape index (κ3) is 4.29. The van der Waals surface area contributed by atoms with Crippen molar-refractivity contribution in [3.05, 3.63) is 47.4 Å². The topological polar surface area (TPSA) is 80.3 Å². The van der Waals surface area contributed by atoms with Crippen molar-refractivity contribution in [2.24, 2.45) is 5.92 Å². The van der Waals surface area contributed by atoms with Crippen LogP contribution < -0.4 is 4.13 Å². The van der Waals surface area contributed by atoms with Crippen LogP contribution in [0.5, 0.6) is 0 Å². The highest BCUT2D eigenvalue weighted by Gasteiger charge is 2.48. The highest BCUT2D eigenvalue weighted by atomic mass is 32.3. The zero-order valence-electron chi connectivity index (χ0n) is 10.8. The number of hydrogen-bond acceptors (Lipinski definition) is 4. The molecule has 1 N–H and O–H groups in total. The fraction of sp³-hybridized carbons (Fsp3) is 0.273. The van der Waals surface area contributed by atoms with E-state index < -0.39 is 36.4 Å². The lowest BCUT2D eigenvalue weighted by molar-refractivity contribution is -0.0441. The van der Waals surface area contributed by atoms with E-state index in [1.807, 2.05) is 0 Å². The molecule has 118 valence electrons. The molecule has 21 heavy (non-hydrogen) atoms. The molecule has 1 aliphatic carbocycles. The van der Waals surface area contributed by atoms with Crippen LogP contribution in [0, 0.1) is 5.92 Å². The molecule has 0 aromatic rings. The standard InChI is InChI=1S/C11H12F3NO4S2/c1-3-9-4-5-10(7-8(2)6-9)20(16,17)15-21(18,19)11(12,13)14/h3-8,15H,1H2,2H3/t8-/m1/s1. The van der Waals surface area contributed by atoms with Crippen molar-refractivity contribution in [3.63, 3.8) is 0 Å². The van der Waals surface area contributed by atoms with E-state index in [1.165, 1.54) is 12.2 Å². The highest BCUT2D eigenvalue weighted by Crippen LogP contribution is 2.25.